The molecule has 2 unspecified atom stereocenters. The molecule has 1 aliphatic heterocycles. The number of rotatable bonds is 3. The molecule has 2 nitrogen and oxygen atoms in total. The molecule has 2 heteroatoms. The number of hydrogen-bond donors (Lipinski definition) is 1. The topological polar surface area (TPSA) is 15.3 Å². The van der Waals surface area contributed by atoms with Gasteiger partial charge in [0.1, 0.15) is 0 Å². The van der Waals surface area contributed by atoms with E-state index in [4.69, 9.17) is 0 Å². The average molecular weight is 246 g/mol. The van der Waals surface area contributed by atoms with Crippen molar-refractivity contribution in [1.29, 1.82) is 0 Å². The molecule has 1 aromatic carbocycles. The summed E-state index contributed by atoms with van der Waals surface area (Å²) in [7, 11) is 0. The van der Waals surface area contributed by atoms with Gasteiger partial charge in [0, 0.05) is 25.2 Å². The van der Waals surface area contributed by atoms with E-state index in [1.165, 1.54) is 12.0 Å². The summed E-state index contributed by atoms with van der Waals surface area (Å²) in [6.07, 6.45) is 1.22. The Labute approximate surface area is 111 Å². The Hall–Kier alpha value is -0.860. The zero-order chi connectivity index (χ0) is 13.2. The van der Waals surface area contributed by atoms with Crippen LogP contribution in [0.4, 0.5) is 0 Å². The first-order valence-electron chi connectivity index (χ1n) is 7.13. The third kappa shape index (κ3) is 2.60. The van der Waals surface area contributed by atoms with Gasteiger partial charge in [-0.05, 0) is 32.8 Å². The summed E-state index contributed by atoms with van der Waals surface area (Å²) >= 11 is 0. The van der Waals surface area contributed by atoms with Crippen molar-refractivity contribution in [3.63, 3.8) is 0 Å². The van der Waals surface area contributed by atoms with Crippen molar-refractivity contribution in [2.24, 2.45) is 0 Å². The summed E-state index contributed by atoms with van der Waals surface area (Å²) in [6.45, 7) is 11.4. The molecule has 1 aromatic rings. The van der Waals surface area contributed by atoms with Gasteiger partial charge in [0.15, 0.2) is 0 Å². The third-order valence-electron chi connectivity index (χ3n) is 4.24. The first-order chi connectivity index (χ1) is 8.57. The fourth-order valence-corrected chi connectivity index (χ4v) is 2.99. The maximum Gasteiger partial charge on any atom is 0.0535 e. The molecular formula is C16H26N2. The quantitative estimate of drug-likeness (QED) is 0.882. The minimum absolute atomic E-state index is 0.0806. The molecule has 0 aromatic heterocycles. The molecule has 1 fully saturated rings. The van der Waals surface area contributed by atoms with Gasteiger partial charge < -0.3 is 5.32 Å². The molecule has 1 heterocycles. The minimum atomic E-state index is 0.0806. The van der Waals surface area contributed by atoms with Crippen molar-refractivity contribution in [2.45, 2.75) is 51.7 Å². The Morgan fingerprint density at radius 2 is 2.00 bits per heavy atom. The molecule has 1 saturated heterocycles. The van der Waals surface area contributed by atoms with Gasteiger partial charge in [-0.2, -0.15) is 0 Å². The Balaban J connectivity index is 2.21. The van der Waals surface area contributed by atoms with E-state index in [0.29, 0.717) is 12.1 Å². The van der Waals surface area contributed by atoms with Crippen LogP contribution in [0.25, 0.3) is 0 Å². The van der Waals surface area contributed by atoms with E-state index in [0.717, 1.165) is 13.1 Å². The highest BCUT2D eigenvalue weighted by Crippen LogP contribution is 2.28. The molecular weight excluding hydrogens is 220 g/mol. The van der Waals surface area contributed by atoms with Gasteiger partial charge in [-0.1, -0.05) is 37.3 Å². The predicted octanol–water partition coefficient (Wildman–Crippen LogP) is 2.99. The van der Waals surface area contributed by atoms with Crippen molar-refractivity contribution in [2.75, 3.05) is 13.1 Å². The fourth-order valence-electron chi connectivity index (χ4n) is 2.99. The molecule has 2 rings (SSSR count). The van der Waals surface area contributed by atoms with Gasteiger partial charge in [0.25, 0.3) is 0 Å². The first-order valence-corrected chi connectivity index (χ1v) is 7.13. The van der Waals surface area contributed by atoms with Crippen molar-refractivity contribution in [3.8, 4) is 0 Å². The van der Waals surface area contributed by atoms with Gasteiger partial charge in [-0.3, -0.25) is 4.90 Å². The van der Waals surface area contributed by atoms with Crippen LogP contribution in [0, 0.1) is 0 Å². The van der Waals surface area contributed by atoms with Gasteiger partial charge >= 0.3 is 0 Å². The van der Waals surface area contributed by atoms with Crippen LogP contribution in [0.5, 0.6) is 0 Å². The van der Waals surface area contributed by atoms with Crippen LogP contribution in [0.3, 0.4) is 0 Å². The summed E-state index contributed by atoms with van der Waals surface area (Å²) < 4.78 is 0. The van der Waals surface area contributed by atoms with E-state index in [2.05, 4.69) is 68.2 Å². The lowest BCUT2D eigenvalue weighted by molar-refractivity contribution is 0.0565. The van der Waals surface area contributed by atoms with E-state index in [-0.39, 0.29) is 5.54 Å². The minimum Gasteiger partial charge on any atom is -0.305 e. The van der Waals surface area contributed by atoms with Crippen LogP contribution in [0.15, 0.2) is 30.3 Å². The third-order valence-corrected chi connectivity index (χ3v) is 4.24. The van der Waals surface area contributed by atoms with Crippen LogP contribution in [0.1, 0.15) is 39.7 Å². The second kappa shape index (κ2) is 5.41. The second-order valence-electron chi connectivity index (χ2n) is 5.91. The molecule has 1 aliphatic rings. The fraction of sp³-hybridized carbons (Fsp3) is 0.625. The smallest absolute Gasteiger partial charge is 0.0535 e. The summed E-state index contributed by atoms with van der Waals surface area (Å²) in [6, 6.07) is 12.1. The number of nitrogens with zero attached hydrogens (tertiary/aromatic N) is 1. The highest BCUT2D eigenvalue weighted by atomic mass is 15.3. The summed E-state index contributed by atoms with van der Waals surface area (Å²) in [5.41, 5.74) is 1.47. The van der Waals surface area contributed by atoms with Crippen molar-refractivity contribution >= 4 is 0 Å². The van der Waals surface area contributed by atoms with Crippen LogP contribution in [-0.2, 0) is 5.54 Å². The molecule has 0 aliphatic carbocycles. The maximum absolute atomic E-state index is 3.76. The van der Waals surface area contributed by atoms with Gasteiger partial charge in [-0.15, -0.1) is 0 Å². The standard InChI is InChI=1S/C16H26N2/c1-5-15-11-17-16(4,12-18(15)13(2)3)14-9-7-6-8-10-14/h6-10,13,15,17H,5,11-12H2,1-4H3. The number of hydrogen-bond acceptors (Lipinski definition) is 2. The normalized spacial score (nSPS) is 29.7. The Kier molecular flexibility index (Phi) is 4.08. The molecule has 100 valence electrons. The van der Waals surface area contributed by atoms with Crippen LogP contribution >= 0.6 is 0 Å². The molecule has 1 N–H and O–H groups in total. The predicted molar refractivity (Wildman–Crippen MR) is 77.7 cm³/mol. The largest absolute Gasteiger partial charge is 0.305 e. The lowest BCUT2D eigenvalue weighted by atomic mass is 9.87. The van der Waals surface area contributed by atoms with E-state index < -0.39 is 0 Å². The molecule has 18 heavy (non-hydrogen) atoms. The molecule has 0 saturated carbocycles. The molecule has 2 atom stereocenters. The highest BCUT2D eigenvalue weighted by molar-refractivity contribution is 5.25. The Bertz CT molecular complexity index is 374. The van der Waals surface area contributed by atoms with Gasteiger partial charge in [0.05, 0.1) is 5.54 Å². The lowest BCUT2D eigenvalue weighted by Crippen LogP contribution is -2.62. The van der Waals surface area contributed by atoms with Crippen molar-refractivity contribution in [1.82, 2.24) is 10.2 Å². The molecule has 0 spiro atoms. The highest BCUT2D eigenvalue weighted by Gasteiger charge is 2.37. The van der Waals surface area contributed by atoms with Crippen LogP contribution in [-0.4, -0.2) is 30.1 Å². The average Bonchev–Trinajstić information content (AvgIpc) is 2.39. The van der Waals surface area contributed by atoms with Crippen LogP contribution in [0.2, 0.25) is 0 Å². The molecule has 0 amide bonds. The Morgan fingerprint density at radius 1 is 1.33 bits per heavy atom. The van der Waals surface area contributed by atoms with Crippen molar-refractivity contribution < 1.29 is 0 Å². The Morgan fingerprint density at radius 3 is 2.56 bits per heavy atom. The molecule has 0 radical (unpaired) electrons. The first kappa shape index (κ1) is 13.6. The van der Waals surface area contributed by atoms with E-state index in [9.17, 15) is 0 Å². The summed E-state index contributed by atoms with van der Waals surface area (Å²) in [5, 5.41) is 3.76. The SMILES string of the molecule is CCC1CNC(C)(c2ccccc2)CN1C(C)C. The maximum atomic E-state index is 3.76. The number of piperazine rings is 1. The van der Waals surface area contributed by atoms with Crippen molar-refractivity contribution in [3.05, 3.63) is 35.9 Å². The summed E-state index contributed by atoms with van der Waals surface area (Å²) in [4.78, 5) is 2.64. The van der Waals surface area contributed by atoms with E-state index in [1.807, 2.05) is 0 Å². The van der Waals surface area contributed by atoms with E-state index in [1.54, 1.807) is 0 Å². The molecule has 0 bridgehead atoms. The lowest BCUT2D eigenvalue weighted by Gasteiger charge is -2.48. The number of nitrogens with one attached hydrogen (secondary N) is 1. The monoisotopic (exact) mass is 246 g/mol. The number of benzene rings is 1. The zero-order valence-corrected chi connectivity index (χ0v) is 12.1. The van der Waals surface area contributed by atoms with Crippen LogP contribution < -0.4 is 5.32 Å². The van der Waals surface area contributed by atoms with E-state index >= 15 is 0 Å². The van der Waals surface area contributed by atoms with Gasteiger partial charge in [0.2, 0.25) is 0 Å². The zero-order valence-electron chi connectivity index (χ0n) is 12.1. The second-order valence-corrected chi connectivity index (χ2v) is 5.91. The van der Waals surface area contributed by atoms with Gasteiger partial charge in [-0.25, -0.2) is 0 Å². The summed E-state index contributed by atoms with van der Waals surface area (Å²) in [5.74, 6) is 0.